The molecule has 0 saturated carbocycles. The summed E-state index contributed by atoms with van der Waals surface area (Å²) in [6.07, 6.45) is 1.53. The molecule has 0 saturated heterocycles. The maximum absolute atomic E-state index is 11.9. The number of carbonyl (C=O) groups excluding carboxylic acids is 2. The van der Waals surface area contributed by atoms with Crippen LogP contribution < -0.4 is 0 Å². The van der Waals surface area contributed by atoms with E-state index in [4.69, 9.17) is 4.74 Å². The van der Waals surface area contributed by atoms with Gasteiger partial charge in [0.1, 0.15) is 5.76 Å². The molecule has 3 heteroatoms. The van der Waals surface area contributed by atoms with Crippen LogP contribution in [0.3, 0.4) is 0 Å². The molecular weight excluding hydrogens is 240 g/mol. The van der Waals surface area contributed by atoms with Crippen LogP contribution in [0.25, 0.3) is 5.76 Å². The molecule has 2 aliphatic rings. The summed E-state index contributed by atoms with van der Waals surface area (Å²) in [5.41, 5.74) is 1.77. The van der Waals surface area contributed by atoms with Crippen molar-refractivity contribution in [3.63, 3.8) is 0 Å². The Kier molecular flexibility index (Phi) is 3.84. The summed E-state index contributed by atoms with van der Waals surface area (Å²) < 4.78 is 5.74. The van der Waals surface area contributed by atoms with Gasteiger partial charge in [0.05, 0.1) is 6.10 Å². The molecule has 1 atom stereocenters. The highest BCUT2D eigenvalue weighted by molar-refractivity contribution is 6.52. The van der Waals surface area contributed by atoms with Crippen molar-refractivity contribution in [1.82, 2.24) is 0 Å². The summed E-state index contributed by atoms with van der Waals surface area (Å²) in [7, 11) is 0. The van der Waals surface area contributed by atoms with Gasteiger partial charge in [0.2, 0.25) is 11.6 Å². The fraction of sp³-hybridized carbons (Fsp3) is 0.375. The van der Waals surface area contributed by atoms with E-state index < -0.39 is 11.6 Å². The number of hydrogen-bond donors (Lipinski definition) is 0. The third-order valence-electron chi connectivity index (χ3n) is 3.29. The number of ether oxygens (including phenoxy) is 1. The van der Waals surface area contributed by atoms with Crippen molar-refractivity contribution in [1.29, 1.82) is 0 Å². The molecule has 3 rings (SSSR count). The first-order valence-corrected chi connectivity index (χ1v) is 6.76. The molecule has 1 aromatic carbocycles. The number of ketones is 2. The zero-order valence-electron chi connectivity index (χ0n) is 11.5. The van der Waals surface area contributed by atoms with Crippen LogP contribution >= 0.6 is 0 Å². The maximum atomic E-state index is 11.9. The Balaban J connectivity index is 0.000000637. The molecule has 1 heterocycles. The van der Waals surface area contributed by atoms with Gasteiger partial charge in [-0.3, -0.25) is 9.59 Å². The number of fused-ring (bicyclic) bond motifs is 2. The zero-order chi connectivity index (χ0) is 14.0. The average molecular weight is 258 g/mol. The van der Waals surface area contributed by atoms with Crippen LogP contribution in [-0.4, -0.2) is 17.7 Å². The van der Waals surface area contributed by atoms with Crippen molar-refractivity contribution >= 4 is 17.3 Å². The van der Waals surface area contributed by atoms with E-state index in [1.807, 2.05) is 32.9 Å². The molecule has 0 aromatic heterocycles. The Morgan fingerprint density at radius 1 is 1.05 bits per heavy atom. The summed E-state index contributed by atoms with van der Waals surface area (Å²) >= 11 is 0. The van der Waals surface area contributed by atoms with Crippen LogP contribution in [0, 0.1) is 0 Å². The smallest absolute Gasteiger partial charge is 0.234 e. The van der Waals surface area contributed by atoms with Crippen LogP contribution in [0.1, 0.15) is 49.5 Å². The van der Waals surface area contributed by atoms with E-state index in [0.717, 1.165) is 12.0 Å². The largest absolute Gasteiger partial charge is 0.490 e. The van der Waals surface area contributed by atoms with E-state index in [9.17, 15) is 9.59 Å². The predicted octanol–water partition coefficient (Wildman–Crippen LogP) is 3.39. The summed E-state index contributed by atoms with van der Waals surface area (Å²) in [5.74, 6) is -0.188. The molecular formula is C16H18O3. The third kappa shape index (κ3) is 2.21. The Bertz CT molecular complexity index is 555. The normalized spacial score (nSPS) is 20.9. The highest BCUT2D eigenvalue weighted by Gasteiger charge is 2.36. The number of hydrogen-bond acceptors (Lipinski definition) is 3. The molecule has 1 aliphatic carbocycles. The molecule has 0 spiro atoms. The molecule has 1 unspecified atom stereocenters. The van der Waals surface area contributed by atoms with Gasteiger partial charge < -0.3 is 4.74 Å². The topological polar surface area (TPSA) is 43.4 Å². The summed E-state index contributed by atoms with van der Waals surface area (Å²) in [6, 6.07) is 7.14. The van der Waals surface area contributed by atoms with E-state index in [0.29, 0.717) is 23.3 Å². The van der Waals surface area contributed by atoms with Gasteiger partial charge in [0.15, 0.2) is 0 Å². The van der Waals surface area contributed by atoms with Gasteiger partial charge in [0, 0.05) is 16.7 Å². The lowest BCUT2D eigenvalue weighted by atomic mass is 9.85. The van der Waals surface area contributed by atoms with E-state index in [-0.39, 0.29) is 6.10 Å². The van der Waals surface area contributed by atoms with E-state index in [2.05, 4.69) is 0 Å². The van der Waals surface area contributed by atoms with E-state index in [1.165, 1.54) is 0 Å². The van der Waals surface area contributed by atoms with Crippen molar-refractivity contribution in [2.45, 2.75) is 39.7 Å². The Morgan fingerprint density at radius 3 is 2.37 bits per heavy atom. The number of rotatable bonds is 0. The standard InChI is InChI=1S/C14H12O3.C2H6/c1-8-6-7-11-13(16)12(15)9-4-2-3-5-10(9)14(11)17-8;1-2/h2-5,8H,6-7H2,1H3;1-2H3. The minimum absolute atomic E-state index is 0.0998. The minimum Gasteiger partial charge on any atom is -0.490 e. The third-order valence-corrected chi connectivity index (χ3v) is 3.29. The van der Waals surface area contributed by atoms with Gasteiger partial charge in [-0.25, -0.2) is 0 Å². The van der Waals surface area contributed by atoms with Crippen molar-refractivity contribution in [2.75, 3.05) is 0 Å². The van der Waals surface area contributed by atoms with Crippen molar-refractivity contribution in [2.24, 2.45) is 0 Å². The molecule has 19 heavy (non-hydrogen) atoms. The van der Waals surface area contributed by atoms with Crippen LogP contribution in [0.15, 0.2) is 29.8 Å². The molecule has 0 fully saturated rings. The number of Topliss-reactive ketones (excluding diaryl/α,β-unsaturated/α-hetero) is 2. The van der Waals surface area contributed by atoms with Crippen molar-refractivity contribution in [3.8, 4) is 0 Å². The van der Waals surface area contributed by atoms with Crippen molar-refractivity contribution < 1.29 is 14.3 Å². The quantitative estimate of drug-likeness (QED) is 0.670. The fourth-order valence-electron chi connectivity index (χ4n) is 2.37. The molecule has 1 aliphatic heterocycles. The lowest BCUT2D eigenvalue weighted by molar-refractivity contribution is -0.112. The predicted molar refractivity (Wildman–Crippen MR) is 73.8 cm³/mol. The maximum Gasteiger partial charge on any atom is 0.234 e. The van der Waals surface area contributed by atoms with Gasteiger partial charge in [-0.15, -0.1) is 0 Å². The first kappa shape index (κ1) is 13.5. The van der Waals surface area contributed by atoms with Crippen molar-refractivity contribution in [3.05, 3.63) is 41.0 Å². The van der Waals surface area contributed by atoms with Gasteiger partial charge in [-0.2, -0.15) is 0 Å². The van der Waals surface area contributed by atoms with Crippen LogP contribution in [-0.2, 0) is 9.53 Å². The van der Waals surface area contributed by atoms with Gasteiger partial charge in [-0.05, 0) is 19.8 Å². The first-order valence-electron chi connectivity index (χ1n) is 6.76. The van der Waals surface area contributed by atoms with Crippen LogP contribution in [0.5, 0.6) is 0 Å². The molecule has 0 N–H and O–H groups in total. The monoisotopic (exact) mass is 258 g/mol. The second-order valence-corrected chi connectivity index (χ2v) is 4.48. The summed E-state index contributed by atoms with van der Waals surface area (Å²) in [4.78, 5) is 23.9. The second kappa shape index (κ2) is 5.39. The van der Waals surface area contributed by atoms with Gasteiger partial charge in [-0.1, -0.05) is 38.1 Å². The highest BCUT2D eigenvalue weighted by Crippen LogP contribution is 2.37. The summed E-state index contributed by atoms with van der Waals surface area (Å²) in [6.45, 7) is 5.98. The van der Waals surface area contributed by atoms with Gasteiger partial charge in [0.25, 0.3) is 0 Å². The van der Waals surface area contributed by atoms with Gasteiger partial charge >= 0.3 is 0 Å². The summed E-state index contributed by atoms with van der Waals surface area (Å²) in [5, 5.41) is 0. The molecule has 0 radical (unpaired) electrons. The molecule has 1 aromatic rings. The second-order valence-electron chi connectivity index (χ2n) is 4.48. The zero-order valence-corrected chi connectivity index (χ0v) is 11.5. The lowest BCUT2D eigenvalue weighted by Gasteiger charge is -2.29. The Morgan fingerprint density at radius 2 is 1.68 bits per heavy atom. The average Bonchev–Trinajstić information content (AvgIpc) is 2.47. The Labute approximate surface area is 113 Å². The molecule has 0 amide bonds. The molecule has 3 nitrogen and oxygen atoms in total. The van der Waals surface area contributed by atoms with Crippen LogP contribution in [0.4, 0.5) is 0 Å². The Hall–Kier alpha value is -1.90. The number of carbonyl (C=O) groups is 2. The first-order chi connectivity index (χ1) is 9.18. The number of allylic oxidation sites excluding steroid dienone is 1. The van der Waals surface area contributed by atoms with Crippen LogP contribution in [0.2, 0.25) is 0 Å². The lowest BCUT2D eigenvalue weighted by Crippen LogP contribution is -2.29. The minimum atomic E-state index is -0.405. The fourth-order valence-corrected chi connectivity index (χ4v) is 2.37. The molecule has 0 bridgehead atoms. The number of benzene rings is 1. The SMILES string of the molecule is CC.CC1CCC2=C(O1)c1ccccc1C(=O)C2=O. The van der Waals surface area contributed by atoms with E-state index in [1.54, 1.807) is 12.1 Å². The molecule has 100 valence electrons. The van der Waals surface area contributed by atoms with E-state index >= 15 is 0 Å². The highest BCUT2D eigenvalue weighted by atomic mass is 16.5.